The van der Waals surface area contributed by atoms with Crippen molar-refractivity contribution in [3.05, 3.63) is 101 Å². The van der Waals surface area contributed by atoms with E-state index in [9.17, 15) is 14.7 Å². The van der Waals surface area contributed by atoms with Gasteiger partial charge in [0.05, 0.1) is 5.56 Å². The van der Waals surface area contributed by atoms with Crippen molar-refractivity contribution in [2.45, 2.75) is 12.3 Å². The normalized spacial score (nSPS) is 12.4. The minimum Gasteiger partial charge on any atom is -0.478 e. The molecule has 5 nitrogen and oxygen atoms in total. The number of fused-ring (bicyclic) bond motifs is 3. The zero-order valence-corrected chi connectivity index (χ0v) is 17.0. The summed E-state index contributed by atoms with van der Waals surface area (Å²) in [5, 5.41) is 12.0. The van der Waals surface area contributed by atoms with Crippen molar-refractivity contribution in [3.63, 3.8) is 0 Å². The number of alkyl carbamates (subject to hydrolysis) is 1. The summed E-state index contributed by atoms with van der Waals surface area (Å²) in [5.74, 6) is -0.928. The number of hydrogen-bond acceptors (Lipinski definition) is 3. The molecule has 0 bridgehead atoms. The molecule has 0 radical (unpaired) electrons. The molecule has 5 heteroatoms. The van der Waals surface area contributed by atoms with E-state index in [0.29, 0.717) is 18.5 Å². The Morgan fingerprint density at radius 2 is 1.52 bits per heavy atom. The molecule has 2 N–H and O–H groups in total. The van der Waals surface area contributed by atoms with Gasteiger partial charge >= 0.3 is 12.1 Å². The number of carboxylic acid groups (broad SMARTS) is 1. The quantitative estimate of drug-likeness (QED) is 0.514. The van der Waals surface area contributed by atoms with E-state index in [1.165, 1.54) is 22.3 Å². The molecule has 3 aromatic carbocycles. The number of hydrogen-bond donors (Lipinski definition) is 2. The molecule has 0 fully saturated rings. The fraction of sp³-hybridized carbons (Fsp3) is 0.154. The molecule has 156 valence electrons. The number of carboxylic acids is 1. The predicted molar refractivity (Wildman–Crippen MR) is 120 cm³/mol. The Labute approximate surface area is 181 Å². The first-order valence-electron chi connectivity index (χ1n) is 10.2. The van der Waals surface area contributed by atoms with Gasteiger partial charge in [0.2, 0.25) is 0 Å². The zero-order valence-electron chi connectivity index (χ0n) is 17.0. The van der Waals surface area contributed by atoms with E-state index >= 15 is 0 Å². The number of amides is 1. The summed E-state index contributed by atoms with van der Waals surface area (Å²) < 4.78 is 5.50. The Morgan fingerprint density at radius 1 is 0.903 bits per heavy atom. The SMILES string of the molecule is O=C(NCCC=Cc1ccccc1C(=O)O)OCC1c2ccccc2-c2ccccc21. The summed E-state index contributed by atoms with van der Waals surface area (Å²) in [6.07, 6.45) is 3.70. The Bertz CT molecular complexity index is 1090. The second-order valence-electron chi connectivity index (χ2n) is 7.34. The van der Waals surface area contributed by atoms with E-state index in [1.807, 2.05) is 30.3 Å². The average molecular weight is 413 g/mol. The minimum atomic E-state index is -0.961. The van der Waals surface area contributed by atoms with Crippen molar-refractivity contribution in [1.82, 2.24) is 5.32 Å². The Hall–Kier alpha value is -3.86. The molecule has 3 aromatic rings. The lowest BCUT2D eigenvalue weighted by Gasteiger charge is -2.14. The van der Waals surface area contributed by atoms with Crippen molar-refractivity contribution in [2.75, 3.05) is 13.2 Å². The Balaban J connectivity index is 1.29. The first kappa shape index (κ1) is 20.4. The summed E-state index contributed by atoms with van der Waals surface area (Å²) in [6, 6.07) is 23.2. The molecule has 0 saturated carbocycles. The maximum atomic E-state index is 12.2. The number of carbonyl (C=O) groups is 2. The van der Waals surface area contributed by atoms with E-state index in [1.54, 1.807) is 30.3 Å². The maximum absolute atomic E-state index is 12.2. The minimum absolute atomic E-state index is 0.0329. The van der Waals surface area contributed by atoms with Crippen LogP contribution in [-0.2, 0) is 4.74 Å². The summed E-state index contributed by atoms with van der Waals surface area (Å²) in [5.41, 5.74) is 5.63. The van der Waals surface area contributed by atoms with Crippen LogP contribution in [0.2, 0.25) is 0 Å². The van der Waals surface area contributed by atoms with Crippen LogP contribution in [0, 0.1) is 0 Å². The smallest absolute Gasteiger partial charge is 0.407 e. The molecular weight excluding hydrogens is 390 g/mol. The summed E-state index contributed by atoms with van der Waals surface area (Å²) in [6.45, 7) is 0.685. The van der Waals surface area contributed by atoms with Crippen molar-refractivity contribution in [2.24, 2.45) is 0 Å². The maximum Gasteiger partial charge on any atom is 0.407 e. The molecular formula is C26H23NO4. The molecule has 0 aliphatic heterocycles. The van der Waals surface area contributed by atoms with Gasteiger partial charge in [-0.1, -0.05) is 78.9 Å². The van der Waals surface area contributed by atoms with Crippen LogP contribution in [0.5, 0.6) is 0 Å². The highest BCUT2D eigenvalue weighted by Crippen LogP contribution is 2.44. The van der Waals surface area contributed by atoms with Gasteiger partial charge in [-0.25, -0.2) is 9.59 Å². The topological polar surface area (TPSA) is 75.6 Å². The molecule has 4 rings (SSSR count). The molecule has 1 aliphatic rings. The first-order valence-corrected chi connectivity index (χ1v) is 10.2. The number of benzene rings is 3. The molecule has 0 spiro atoms. The Kier molecular flexibility index (Phi) is 6.13. The number of ether oxygens (including phenoxy) is 1. The van der Waals surface area contributed by atoms with E-state index in [2.05, 4.69) is 29.6 Å². The predicted octanol–water partition coefficient (Wildman–Crippen LogP) is 5.33. The highest BCUT2D eigenvalue weighted by molar-refractivity contribution is 5.92. The van der Waals surface area contributed by atoms with Crippen molar-refractivity contribution in [3.8, 4) is 11.1 Å². The van der Waals surface area contributed by atoms with Crippen LogP contribution in [0.4, 0.5) is 4.79 Å². The fourth-order valence-corrected chi connectivity index (χ4v) is 3.95. The lowest BCUT2D eigenvalue weighted by atomic mass is 9.98. The van der Waals surface area contributed by atoms with E-state index in [4.69, 9.17) is 4.74 Å². The van der Waals surface area contributed by atoms with Gasteiger partial charge in [0.1, 0.15) is 6.61 Å². The molecule has 1 amide bonds. The van der Waals surface area contributed by atoms with Crippen LogP contribution < -0.4 is 5.32 Å². The van der Waals surface area contributed by atoms with Gasteiger partial charge < -0.3 is 15.2 Å². The van der Waals surface area contributed by atoms with Gasteiger partial charge in [0, 0.05) is 12.5 Å². The van der Waals surface area contributed by atoms with Gasteiger partial charge in [0.25, 0.3) is 0 Å². The van der Waals surface area contributed by atoms with E-state index < -0.39 is 12.1 Å². The number of aromatic carboxylic acids is 1. The van der Waals surface area contributed by atoms with Crippen LogP contribution >= 0.6 is 0 Å². The number of carbonyl (C=O) groups excluding carboxylic acids is 1. The molecule has 0 unspecified atom stereocenters. The summed E-state index contributed by atoms with van der Waals surface area (Å²) in [4.78, 5) is 23.4. The second-order valence-corrected chi connectivity index (χ2v) is 7.34. The van der Waals surface area contributed by atoms with Crippen LogP contribution in [0.25, 0.3) is 17.2 Å². The average Bonchev–Trinajstić information content (AvgIpc) is 3.11. The van der Waals surface area contributed by atoms with Gasteiger partial charge in [0.15, 0.2) is 0 Å². The largest absolute Gasteiger partial charge is 0.478 e. The molecule has 0 saturated heterocycles. The zero-order chi connectivity index (χ0) is 21.6. The lowest BCUT2D eigenvalue weighted by molar-refractivity contribution is 0.0696. The molecule has 31 heavy (non-hydrogen) atoms. The lowest BCUT2D eigenvalue weighted by Crippen LogP contribution is -2.26. The van der Waals surface area contributed by atoms with Crippen molar-refractivity contribution < 1.29 is 19.4 Å². The third-order valence-electron chi connectivity index (χ3n) is 5.41. The summed E-state index contributed by atoms with van der Waals surface area (Å²) in [7, 11) is 0. The molecule has 1 aliphatic carbocycles. The second kappa shape index (κ2) is 9.30. The van der Waals surface area contributed by atoms with E-state index in [0.717, 1.165) is 0 Å². The van der Waals surface area contributed by atoms with Gasteiger partial charge in [-0.15, -0.1) is 0 Å². The first-order chi connectivity index (χ1) is 15.1. The van der Waals surface area contributed by atoms with Crippen LogP contribution in [0.3, 0.4) is 0 Å². The monoisotopic (exact) mass is 413 g/mol. The molecule has 0 aromatic heterocycles. The van der Waals surface area contributed by atoms with Gasteiger partial charge in [-0.2, -0.15) is 0 Å². The number of rotatable bonds is 7. The van der Waals surface area contributed by atoms with Crippen LogP contribution in [0.15, 0.2) is 78.9 Å². The van der Waals surface area contributed by atoms with Crippen molar-refractivity contribution in [1.29, 1.82) is 0 Å². The van der Waals surface area contributed by atoms with Gasteiger partial charge in [-0.3, -0.25) is 0 Å². The van der Waals surface area contributed by atoms with E-state index in [-0.39, 0.29) is 18.1 Å². The van der Waals surface area contributed by atoms with Crippen LogP contribution in [-0.4, -0.2) is 30.3 Å². The van der Waals surface area contributed by atoms with Crippen molar-refractivity contribution >= 4 is 18.1 Å². The highest BCUT2D eigenvalue weighted by atomic mass is 16.5. The van der Waals surface area contributed by atoms with Crippen LogP contribution in [0.1, 0.15) is 39.4 Å². The third-order valence-corrected chi connectivity index (χ3v) is 5.41. The standard InChI is InChI=1S/C26H23NO4/c28-25(29)19-11-2-1-9-18(19)10-7-8-16-27-26(30)31-17-24-22-14-5-3-12-20(22)21-13-4-6-15-23(21)24/h1-7,9-15,24H,8,16-17H2,(H,27,30)(H,28,29). The summed E-state index contributed by atoms with van der Waals surface area (Å²) >= 11 is 0. The fourth-order valence-electron chi connectivity index (χ4n) is 3.95. The third kappa shape index (κ3) is 4.51. The molecule has 0 atom stereocenters. The van der Waals surface area contributed by atoms with Gasteiger partial charge in [-0.05, 0) is 40.3 Å². The number of nitrogens with one attached hydrogen (secondary N) is 1. The highest BCUT2D eigenvalue weighted by Gasteiger charge is 2.28. The Morgan fingerprint density at radius 3 is 2.19 bits per heavy atom. The molecule has 0 heterocycles.